The molecule has 0 aliphatic heterocycles. The number of methoxy groups -OCH3 is 1. The molecule has 1 fully saturated rings. The Bertz CT molecular complexity index is 720. The van der Waals surface area contributed by atoms with Crippen LogP contribution >= 0.6 is 0 Å². The molecular weight excluding hydrogens is 262 g/mol. The Hall–Kier alpha value is -2.41. The number of imidazole rings is 1. The van der Waals surface area contributed by atoms with Crippen LogP contribution in [0.25, 0.3) is 11.3 Å². The first-order chi connectivity index (χ1) is 10.2. The summed E-state index contributed by atoms with van der Waals surface area (Å²) < 4.78 is 7.26. The van der Waals surface area contributed by atoms with E-state index in [4.69, 9.17) is 21.9 Å². The summed E-state index contributed by atoms with van der Waals surface area (Å²) in [5, 5.41) is 0. The second-order valence-electron chi connectivity index (χ2n) is 5.45. The molecule has 0 atom stereocenters. The van der Waals surface area contributed by atoms with Gasteiger partial charge in [-0.05, 0) is 43.5 Å². The molecule has 1 aliphatic carbocycles. The Morgan fingerprint density at radius 1 is 1.48 bits per heavy atom. The van der Waals surface area contributed by atoms with Crippen molar-refractivity contribution in [3.63, 3.8) is 0 Å². The van der Waals surface area contributed by atoms with E-state index in [2.05, 4.69) is 12.0 Å². The van der Waals surface area contributed by atoms with Crippen LogP contribution < -0.4 is 10.5 Å². The molecule has 108 valence electrons. The molecule has 0 bridgehead atoms. The molecule has 21 heavy (non-hydrogen) atoms. The predicted octanol–water partition coefficient (Wildman–Crippen LogP) is 2.96. The minimum Gasteiger partial charge on any atom is -0.496 e. The van der Waals surface area contributed by atoms with Crippen molar-refractivity contribution in [1.29, 1.82) is 0 Å². The predicted molar refractivity (Wildman–Crippen MR) is 84.2 cm³/mol. The highest BCUT2D eigenvalue weighted by Gasteiger charge is 2.30. The van der Waals surface area contributed by atoms with E-state index in [-0.39, 0.29) is 0 Å². The van der Waals surface area contributed by atoms with Crippen molar-refractivity contribution in [2.24, 2.45) is 0 Å². The van der Waals surface area contributed by atoms with Crippen LogP contribution in [0.1, 0.15) is 30.1 Å². The monoisotopic (exact) mass is 281 g/mol. The lowest BCUT2D eigenvalue weighted by Crippen LogP contribution is -2.05. The molecule has 0 amide bonds. The molecular formula is C17H19N3O. The van der Waals surface area contributed by atoms with Gasteiger partial charge in [-0.15, -0.1) is 6.42 Å². The van der Waals surface area contributed by atoms with Crippen LogP contribution in [0.15, 0.2) is 18.2 Å². The van der Waals surface area contributed by atoms with Gasteiger partial charge in [-0.2, -0.15) is 0 Å². The maximum absolute atomic E-state index is 6.28. The number of hydrogen-bond donors (Lipinski definition) is 1. The first kappa shape index (κ1) is 13.6. The van der Waals surface area contributed by atoms with Crippen molar-refractivity contribution in [2.45, 2.75) is 32.2 Å². The van der Waals surface area contributed by atoms with Gasteiger partial charge in [-0.25, -0.2) is 4.98 Å². The standard InChI is InChI=1S/C17H19N3O/c1-4-9-20-16(18)15(19-17(20)12-5-6-12)13-7-8-14(21-3)11(2)10-13/h1,7-8,10,12H,5-6,9,18H2,2-3H3. The highest BCUT2D eigenvalue weighted by atomic mass is 16.5. The van der Waals surface area contributed by atoms with Crippen LogP contribution in [0.5, 0.6) is 5.75 Å². The van der Waals surface area contributed by atoms with E-state index in [9.17, 15) is 0 Å². The zero-order chi connectivity index (χ0) is 15.0. The van der Waals surface area contributed by atoms with Gasteiger partial charge in [-0.1, -0.05) is 5.92 Å². The summed E-state index contributed by atoms with van der Waals surface area (Å²) in [4.78, 5) is 4.76. The number of benzene rings is 1. The number of aromatic nitrogens is 2. The summed E-state index contributed by atoms with van der Waals surface area (Å²) in [6.07, 6.45) is 7.80. The van der Waals surface area contributed by atoms with Gasteiger partial charge in [0.15, 0.2) is 0 Å². The number of nitrogens with two attached hydrogens (primary N) is 1. The average Bonchev–Trinajstić information content (AvgIpc) is 3.26. The number of ether oxygens (including phenoxy) is 1. The summed E-state index contributed by atoms with van der Waals surface area (Å²) >= 11 is 0. The molecule has 0 spiro atoms. The van der Waals surface area contributed by atoms with Crippen molar-refractivity contribution in [3.05, 3.63) is 29.6 Å². The highest BCUT2D eigenvalue weighted by molar-refractivity contribution is 5.72. The number of hydrogen-bond acceptors (Lipinski definition) is 3. The third-order valence-corrected chi connectivity index (χ3v) is 3.90. The number of nitrogen functional groups attached to an aromatic ring is 1. The fourth-order valence-electron chi connectivity index (χ4n) is 2.63. The molecule has 1 aromatic heterocycles. The maximum atomic E-state index is 6.28. The van der Waals surface area contributed by atoms with E-state index in [1.54, 1.807) is 7.11 Å². The third kappa shape index (κ3) is 2.36. The topological polar surface area (TPSA) is 53.1 Å². The first-order valence-corrected chi connectivity index (χ1v) is 7.10. The maximum Gasteiger partial charge on any atom is 0.132 e. The SMILES string of the molecule is C#CCn1c(C2CC2)nc(-c2ccc(OC)c(C)c2)c1N. The molecule has 1 aliphatic rings. The largest absolute Gasteiger partial charge is 0.496 e. The Labute approximate surface area is 124 Å². The average molecular weight is 281 g/mol. The van der Waals surface area contributed by atoms with Crippen molar-refractivity contribution >= 4 is 5.82 Å². The third-order valence-electron chi connectivity index (χ3n) is 3.90. The fourth-order valence-corrected chi connectivity index (χ4v) is 2.63. The van der Waals surface area contributed by atoms with Gasteiger partial charge in [0.05, 0.1) is 13.7 Å². The minimum atomic E-state index is 0.472. The molecule has 2 N–H and O–H groups in total. The number of rotatable bonds is 4. The Balaban J connectivity index is 2.08. The van der Waals surface area contributed by atoms with Crippen LogP contribution in [-0.4, -0.2) is 16.7 Å². The lowest BCUT2D eigenvalue weighted by atomic mass is 10.1. The van der Waals surface area contributed by atoms with Crippen LogP contribution in [0.2, 0.25) is 0 Å². The molecule has 4 heteroatoms. The zero-order valence-electron chi connectivity index (χ0n) is 12.4. The molecule has 1 saturated carbocycles. The summed E-state index contributed by atoms with van der Waals surface area (Å²) in [6, 6.07) is 5.98. The van der Waals surface area contributed by atoms with Gasteiger partial charge in [0.2, 0.25) is 0 Å². The number of anilines is 1. The van der Waals surface area contributed by atoms with E-state index >= 15 is 0 Å². The van der Waals surface area contributed by atoms with Crippen LogP contribution in [0.3, 0.4) is 0 Å². The van der Waals surface area contributed by atoms with Gasteiger partial charge in [0.25, 0.3) is 0 Å². The molecule has 3 rings (SSSR count). The van der Waals surface area contributed by atoms with Crippen molar-refractivity contribution in [3.8, 4) is 29.4 Å². The van der Waals surface area contributed by atoms with Gasteiger partial charge >= 0.3 is 0 Å². The first-order valence-electron chi connectivity index (χ1n) is 7.10. The molecule has 0 saturated heterocycles. The minimum absolute atomic E-state index is 0.472. The molecule has 4 nitrogen and oxygen atoms in total. The van der Waals surface area contributed by atoms with Crippen LogP contribution in [0.4, 0.5) is 5.82 Å². The lowest BCUT2D eigenvalue weighted by molar-refractivity contribution is 0.412. The summed E-state index contributed by atoms with van der Waals surface area (Å²) in [5.74, 6) is 5.71. The Morgan fingerprint density at radius 2 is 2.24 bits per heavy atom. The van der Waals surface area contributed by atoms with Gasteiger partial charge < -0.3 is 15.0 Å². The number of terminal acetylenes is 1. The number of nitrogens with zero attached hydrogens (tertiary/aromatic N) is 2. The molecule has 1 heterocycles. The molecule has 0 unspecified atom stereocenters. The normalized spacial score (nSPS) is 14.0. The summed E-state index contributed by atoms with van der Waals surface area (Å²) in [6.45, 7) is 2.48. The molecule has 0 radical (unpaired) electrons. The van der Waals surface area contributed by atoms with Gasteiger partial charge in [0.1, 0.15) is 23.1 Å². The van der Waals surface area contributed by atoms with Crippen molar-refractivity contribution in [1.82, 2.24) is 9.55 Å². The summed E-state index contributed by atoms with van der Waals surface area (Å²) in [7, 11) is 1.67. The smallest absolute Gasteiger partial charge is 0.132 e. The van der Waals surface area contributed by atoms with Gasteiger partial charge in [0, 0.05) is 11.5 Å². The second kappa shape index (κ2) is 5.17. The lowest BCUT2D eigenvalue weighted by Gasteiger charge is -2.07. The van der Waals surface area contributed by atoms with Crippen LogP contribution in [0, 0.1) is 19.3 Å². The summed E-state index contributed by atoms with van der Waals surface area (Å²) in [5.41, 5.74) is 9.17. The Morgan fingerprint density at radius 3 is 2.81 bits per heavy atom. The molecule has 2 aromatic rings. The van der Waals surface area contributed by atoms with E-state index in [0.29, 0.717) is 18.3 Å². The van der Waals surface area contributed by atoms with Crippen molar-refractivity contribution < 1.29 is 4.74 Å². The fraction of sp³-hybridized carbons (Fsp3) is 0.353. The Kier molecular flexibility index (Phi) is 3.34. The van der Waals surface area contributed by atoms with E-state index in [0.717, 1.165) is 28.4 Å². The van der Waals surface area contributed by atoms with Crippen molar-refractivity contribution in [2.75, 3.05) is 12.8 Å². The van der Waals surface area contributed by atoms with Gasteiger partial charge in [-0.3, -0.25) is 0 Å². The number of aryl methyl sites for hydroxylation is 1. The zero-order valence-corrected chi connectivity index (χ0v) is 12.4. The van der Waals surface area contributed by atoms with E-state index < -0.39 is 0 Å². The highest BCUT2D eigenvalue weighted by Crippen LogP contribution is 2.42. The quantitative estimate of drug-likeness (QED) is 0.877. The van der Waals surface area contributed by atoms with Crippen LogP contribution in [-0.2, 0) is 6.54 Å². The second-order valence-corrected chi connectivity index (χ2v) is 5.45. The van der Waals surface area contributed by atoms with E-state index in [1.165, 1.54) is 12.8 Å². The van der Waals surface area contributed by atoms with E-state index in [1.807, 2.05) is 23.6 Å². The molecule has 1 aromatic carbocycles.